The minimum atomic E-state index is -0.498. The first-order valence-electron chi connectivity index (χ1n) is 12.1. The number of amides is 2. The summed E-state index contributed by atoms with van der Waals surface area (Å²) >= 11 is 0. The second-order valence-corrected chi connectivity index (χ2v) is 12.6. The largest absolute Gasteiger partial charge is 0.393 e. The lowest BCUT2D eigenvalue weighted by Crippen LogP contribution is -2.48. The monoisotopic (exact) mass is 434 g/mol. The molecule has 0 aromatic carbocycles. The van der Waals surface area contributed by atoms with Gasteiger partial charge in [-0.3, -0.25) is 9.59 Å². The third-order valence-corrected chi connectivity index (χ3v) is 11.7. The van der Waals surface area contributed by atoms with Crippen molar-refractivity contribution in [2.24, 2.45) is 32.5 Å². The SMILES string of the molecule is CC12CCC(C(=O)NCCCNC(=O)C34CCC(C)(C(O)C3)C4(C)C)(CC1O)C2(C)C. The van der Waals surface area contributed by atoms with Crippen molar-refractivity contribution in [2.45, 2.75) is 98.7 Å². The third kappa shape index (κ3) is 2.52. The van der Waals surface area contributed by atoms with Crippen LogP contribution in [0.4, 0.5) is 0 Å². The summed E-state index contributed by atoms with van der Waals surface area (Å²) < 4.78 is 0. The van der Waals surface area contributed by atoms with Crippen LogP contribution in [0.5, 0.6) is 0 Å². The molecule has 0 heterocycles. The van der Waals surface area contributed by atoms with E-state index in [2.05, 4.69) is 52.2 Å². The van der Waals surface area contributed by atoms with Crippen LogP contribution >= 0.6 is 0 Å². The van der Waals surface area contributed by atoms with Crippen molar-refractivity contribution in [2.75, 3.05) is 13.1 Å². The van der Waals surface area contributed by atoms with Crippen molar-refractivity contribution in [1.29, 1.82) is 0 Å². The molecule has 6 heteroatoms. The molecule has 2 amide bonds. The van der Waals surface area contributed by atoms with Gasteiger partial charge in [0, 0.05) is 13.1 Å². The van der Waals surface area contributed by atoms with Crippen molar-refractivity contribution >= 4 is 11.8 Å². The quantitative estimate of drug-likeness (QED) is 0.483. The number of fused-ring (bicyclic) bond motifs is 4. The Labute approximate surface area is 186 Å². The molecule has 0 aliphatic heterocycles. The van der Waals surface area contributed by atoms with Gasteiger partial charge in [0.15, 0.2) is 0 Å². The number of aliphatic hydroxyl groups is 2. The predicted octanol–water partition coefficient (Wildman–Crippen LogP) is 2.76. The van der Waals surface area contributed by atoms with Gasteiger partial charge < -0.3 is 20.8 Å². The Bertz CT molecular complexity index is 730. The van der Waals surface area contributed by atoms with Crippen LogP contribution in [0.15, 0.2) is 0 Å². The molecule has 6 atom stereocenters. The van der Waals surface area contributed by atoms with Crippen LogP contribution in [0.1, 0.15) is 86.5 Å². The average molecular weight is 435 g/mol. The molecule has 4 N–H and O–H groups in total. The first-order chi connectivity index (χ1) is 14.2. The average Bonchev–Trinajstić information content (AvgIpc) is 3.15. The van der Waals surface area contributed by atoms with Crippen molar-refractivity contribution in [1.82, 2.24) is 10.6 Å². The Morgan fingerprint density at radius 1 is 0.710 bits per heavy atom. The highest BCUT2D eigenvalue weighted by atomic mass is 16.3. The number of hydrogen-bond donors (Lipinski definition) is 4. The minimum Gasteiger partial charge on any atom is -0.393 e. The smallest absolute Gasteiger partial charge is 0.226 e. The summed E-state index contributed by atoms with van der Waals surface area (Å²) in [6.45, 7) is 13.8. The van der Waals surface area contributed by atoms with E-state index in [-0.39, 0.29) is 33.5 Å². The van der Waals surface area contributed by atoms with Crippen LogP contribution < -0.4 is 10.6 Å². The van der Waals surface area contributed by atoms with E-state index < -0.39 is 23.0 Å². The van der Waals surface area contributed by atoms with Crippen molar-refractivity contribution in [3.8, 4) is 0 Å². The number of hydrogen-bond acceptors (Lipinski definition) is 4. The highest BCUT2D eigenvalue weighted by Crippen LogP contribution is 2.73. The molecule has 0 saturated heterocycles. The van der Waals surface area contributed by atoms with E-state index in [9.17, 15) is 19.8 Å². The standard InChI is InChI=1S/C25H42N2O4/c1-20(2)22(5)8-10-24(20,14-16(22)28)18(30)26-12-7-13-27-19(31)25-11-9-23(6,17(29)15-25)21(25,3)4/h16-17,28-29H,7-15H2,1-6H3,(H,26,30)(H,27,31). The van der Waals surface area contributed by atoms with Gasteiger partial charge in [-0.25, -0.2) is 0 Å². The zero-order valence-corrected chi connectivity index (χ0v) is 20.2. The van der Waals surface area contributed by atoms with Gasteiger partial charge in [-0.15, -0.1) is 0 Å². The minimum absolute atomic E-state index is 0.0503. The summed E-state index contributed by atoms with van der Waals surface area (Å²) in [7, 11) is 0. The highest BCUT2D eigenvalue weighted by molar-refractivity contribution is 5.86. The van der Waals surface area contributed by atoms with Gasteiger partial charge >= 0.3 is 0 Å². The maximum Gasteiger partial charge on any atom is 0.226 e. The number of nitrogens with one attached hydrogen (secondary N) is 2. The van der Waals surface area contributed by atoms with Gasteiger partial charge in [-0.1, -0.05) is 41.5 Å². The fourth-order valence-corrected chi connectivity index (χ4v) is 8.09. The molecule has 176 valence electrons. The Kier molecular flexibility index (Phi) is 4.97. The lowest BCUT2D eigenvalue weighted by atomic mass is 9.64. The maximum absolute atomic E-state index is 13.2. The Morgan fingerprint density at radius 2 is 1.06 bits per heavy atom. The van der Waals surface area contributed by atoms with Crippen LogP contribution in [0.25, 0.3) is 0 Å². The van der Waals surface area contributed by atoms with Crippen LogP contribution in [-0.2, 0) is 9.59 Å². The number of rotatable bonds is 6. The van der Waals surface area contributed by atoms with E-state index in [1.807, 2.05) is 0 Å². The summed E-state index contributed by atoms with van der Waals surface area (Å²) in [5.74, 6) is 0.101. The molecule has 4 aliphatic rings. The molecule has 0 radical (unpaired) electrons. The zero-order valence-electron chi connectivity index (χ0n) is 20.2. The molecule has 4 saturated carbocycles. The normalized spacial score (nSPS) is 46.3. The topological polar surface area (TPSA) is 98.7 Å². The lowest BCUT2D eigenvalue weighted by Gasteiger charge is -2.40. The van der Waals surface area contributed by atoms with Crippen LogP contribution in [0.3, 0.4) is 0 Å². The Hall–Kier alpha value is -1.14. The molecule has 6 unspecified atom stereocenters. The number of aliphatic hydroxyl groups excluding tert-OH is 2. The first kappa shape index (κ1) is 23.0. The summed E-state index contributed by atoms with van der Waals surface area (Å²) in [6, 6.07) is 0. The molecule has 4 bridgehead atoms. The Balaban J connectivity index is 1.29. The van der Waals surface area contributed by atoms with E-state index >= 15 is 0 Å². The molecular formula is C25H42N2O4. The van der Waals surface area contributed by atoms with Crippen LogP contribution in [-0.4, -0.2) is 47.3 Å². The van der Waals surface area contributed by atoms with Gasteiger partial charge in [0.2, 0.25) is 11.8 Å². The van der Waals surface area contributed by atoms with Crippen molar-refractivity contribution in [3.63, 3.8) is 0 Å². The number of carbonyl (C=O) groups excluding carboxylic acids is 2. The maximum atomic E-state index is 13.2. The fourth-order valence-electron chi connectivity index (χ4n) is 8.09. The van der Waals surface area contributed by atoms with E-state index in [4.69, 9.17) is 0 Å². The van der Waals surface area contributed by atoms with E-state index in [0.717, 1.165) is 25.7 Å². The van der Waals surface area contributed by atoms with E-state index in [1.54, 1.807) is 0 Å². The third-order valence-electron chi connectivity index (χ3n) is 11.7. The molecule has 4 fully saturated rings. The molecule has 0 aromatic rings. The van der Waals surface area contributed by atoms with Gasteiger partial charge in [-0.2, -0.15) is 0 Å². The van der Waals surface area contributed by atoms with Crippen molar-refractivity contribution < 1.29 is 19.8 Å². The summed E-state index contributed by atoms with van der Waals surface area (Å²) in [4.78, 5) is 26.3. The van der Waals surface area contributed by atoms with Crippen molar-refractivity contribution in [3.05, 3.63) is 0 Å². The van der Waals surface area contributed by atoms with Gasteiger partial charge in [-0.05, 0) is 66.6 Å². The Morgan fingerprint density at radius 3 is 1.32 bits per heavy atom. The van der Waals surface area contributed by atoms with E-state index in [1.165, 1.54) is 0 Å². The van der Waals surface area contributed by atoms with Gasteiger partial charge in [0.05, 0.1) is 23.0 Å². The summed E-state index contributed by atoms with van der Waals surface area (Å²) in [5, 5.41) is 27.4. The van der Waals surface area contributed by atoms with Gasteiger partial charge in [0.1, 0.15) is 0 Å². The molecular weight excluding hydrogens is 392 g/mol. The second-order valence-electron chi connectivity index (χ2n) is 12.6. The molecule has 0 aromatic heterocycles. The zero-order chi connectivity index (χ0) is 23.1. The lowest BCUT2D eigenvalue weighted by molar-refractivity contribution is -0.136. The molecule has 4 aliphatic carbocycles. The van der Waals surface area contributed by atoms with Gasteiger partial charge in [0.25, 0.3) is 0 Å². The molecule has 4 rings (SSSR count). The number of carbonyl (C=O) groups is 2. The molecule has 0 spiro atoms. The van der Waals surface area contributed by atoms with Crippen LogP contribution in [0, 0.1) is 32.5 Å². The first-order valence-corrected chi connectivity index (χ1v) is 12.1. The van der Waals surface area contributed by atoms with Crippen LogP contribution in [0.2, 0.25) is 0 Å². The molecule has 31 heavy (non-hydrogen) atoms. The highest BCUT2D eigenvalue weighted by Gasteiger charge is 2.73. The van der Waals surface area contributed by atoms with E-state index in [0.29, 0.717) is 32.4 Å². The summed E-state index contributed by atoms with van der Waals surface area (Å²) in [6.07, 6.45) is 4.31. The second kappa shape index (κ2) is 6.69. The molecule has 6 nitrogen and oxygen atoms in total. The predicted molar refractivity (Wildman–Crippen MR) is 119 cm³/mol. The fraction of sp³-hybridized carbons (Fsp3) is 0.920. The summed E-state index contributed by atoms with van der Waals surface area (Å²) in [5.41, 5.74) is -1.87.